The molecule has 1 aliphatic heterocycles. The Balaban J connectivity index is 1.97. The number of rotatable bonds is 4. The van der Waals surface area contributed by atoms with Crippen LogP contribution in [0.3, 0.4) is 0 Å². The molecule has 0 aliphatic carbocycles. The van der Waals surface area contributed by atoms with Crippen LogP contribution in [0.5, 0.6) is 0 Å². The first-order valence-electron chi connectivity index (χ1n) is 7.64. The minimum Gasteiger partial charge on any atom is -0.388 e. The first-order valence-corrected chi connectivity index (χ1v) is 8.02. The van der Waals surface area contributed by atoms with E-state index >= 15 is 0 Å². The molecular formula is C18H19ClFNO2. The first-order chi connectivity index (χ1) is 11.1. The zero-order valence-corrected chi connectivity index (χ0v) is 13.4. The third-order valence-corrected chi connectivity index (χ3v) is 4.51. The van der Waals surface area contributed by atoms with Gasteiger partial charge >= 0.3 is 0 Å². The topological polar surface area (TPSA) is 41.5 Å². The fourth-order valence-corrected chi connectivity index (χ4v) is 3.43. The highest BCUT2D eigenvalue weighted by Crippen LogP contribution is 2.40. The second-order valence-electron chi connectivity index (χ2n) is 5.75. The molecule has 0 spiro atoms. The van der Waals surface area contributed by atoms with Crippen LogP contribution in [-0.2, 0) is 10.3 Å². The summed E-state index contributed by atoms with van der Waals surface area (Å²) in [5.74, 6) is -0.415. The molecule has 1 aliphatic rings. The van der Waals surface area contributed by atoms with Gasteiger partial charge in [-0.15, -0.1) is 0 Å². The lowest BCUT2D eigenvalue weighted by Crippen LogP contribution is -2.49. The van der Waals surface area contributed by atoms with Crippen molar-refractivity contribution in [2.75, 3.05) is 19.7 Å². The van der Waals surface area contributed by atoms with Crippen LogP contribution in [-0.4, -0.2) is 24.8 Å². The molecule has 122 valence electrons. The Hall–Kier alpha value is -1.46. The van der Waals surface area contributed by atoms with Gasteiger partial charge in [0.1, 0.15) is 11.4 Å². The fraction of sp³-hybridized carbons (Fsp3) is 0.333. The number of aliphatic hydroxyl groups excluding tert-OH is 1. The summed E-state index contributed by atoms with van der Waals surface area (Å²) in [5, 5.41) is 14.1. The average molecular weight is 336 g/mol. The van der Waals surface area contributed by atoms with E-state index in [1.807, 2.05) is 30.3 Å². The SMILES string of the molecule is OC(CC1(c2c(F)cccc2Cl)CNCCO1)c1ccccc1. The maximum absolute atomic E-state index is 14.5. The number of hydrogen-bond acceptors (Lipinski definition) is 3. The van der Waals surface area contributed by atoms with Crippen molar-refractivity contribution in [2.45, 2.75) is 18.1 Å². The Morgan fingerprint density at radius 1 is 1.22 bits per heavy atom. The molecule has 2 N–H and O–H groups in total. The van der Waals surface area contributed by atoms with E-state index in [0.717, 1.165) is 5.56 Å². The lowest BCUT2D eigenvalue weighted by molar-refractivity contribution is -0.0993. The summed E-state index contributed by atoms with van der Waals surface area (Å²) in [6.45, 7) is 1.53. The quantitative estimate of drug-likeness (QED) is 0.899. The summed E-state index contributed by atoms with van der Waals surface area (Å²) in [6.07, 6.45) is -0.545. The van der Waals surface area contributed by atoms with E-state index in [1.54, 1.807) is 12.1 Å². The summed E-state index contributed by atoms with van der Waals surface area (Å²) in [5.41, 5.74) is 0.0907. The molecule has 2 aromatic rings. The predicted molar refractivity (Wildman–Crippen MR) is 87.9 cm³/mol. The molecule has 0 radical (unpaired) electrons. The molecule has 2 atom stereocenters. The molecule has 1 heterocycles. The van der Waals surface area contributed by atoms with E-state index in [9.17, 15) is 9.50 Å². The first kappa shape index (κ1) is 16.4. The Labute approximate surface area is 140 Å². The highest BCUT2D eigenvalue weighted by atomic mass is 35.5. The normalized spacial score (nSPS) is 22.7. The zero-order chi connectivity index (χ0) is 16.3. The van der Waals surface area contributed by atoms with Gasteiger partial charge in [0.2, 0.25) is 0 Å². The molecule has 3 nitrogen and oxygen atoms in total. The summed E-state index contributed by atoms with van der Waals surface area (Å²) in [7, 11) is 0. The Morgan fingerprint density at radius 3 is 2.65 bits per heavy atom. The molecule has 1 saturated heterocycles. The van der Waals surface area contributed by atoms with E-state index in [0.29, 0.717) is 30.3 Å². The lowest BCUT2D eigenvalue weighted by atomic mass is 9.84. The Morgan fingerprint density at radius 2 is 2.00 bits per heavy atom. The number of nitrogens with one attached hydrogen (secondary N) is 1. The highest BCUT2D eigenvalue weighted by Gasteiger charge is 2.41. The van der Waals surface area contributed by atoms with Crippen LogP contribution in [0.4, 0.5) is 4.39 Å². The summed E-state index contributed by atoms with van der Waals surface area (Å²) in [6, 6.07) is 13.9. The fourth-order valence-electron chi connectivity index (χ4n) is 3.09. The van der Waals surface area contributed by atoms with E-state index in [-0.39, 0.29) is 6.42 Å². The van der Waals surface area contributed by atoms with Crippen molar-refractivity contribution < 1.29 is 14.2 Å². The van der Waals surface area contributed by atoms with Crippen molar-refractivity contribution in [3.05, 3.63) is 70.5 Å². The number of ether oxygens (including phenoxy) is 1. The third kappa shape index (κ3) is 3.40. The summed E-state index contributed by atoms with van der Waals surface area (Å²) < 4.78 is 20.4. The number of aliphatic hydroxyl groups is 1. The maximum atomic E-state index is 14.5. The van der Waals surface area contributed by atoms with Gasteiger partial charge in [-0.3, -0.25) is 0 Å². The van der Waals surface area contributed by atoms with Gasteiger partial charge in [0.05, 0.1) is 12.7 Å². The largest absolute Gasteiger partial charge is 0.388 e. The van der Waals surface area contributed by atoms with Crippen molar-refractivity contribution in [1.29, 1.82) is 0 Å². The van der Waals surface area contributed by atoms with Crippen LogP contribution in [0, 0.1) is 5.82 Å². The Kier molecular flexibility index (Phi) is 4.97. The molecule has 0 bridgehead atoms. The monoisotopic (exact) mass is 335 g/mol. The van der Waals surface area contributed by atoms with Crippen LogP contribution in [0.25, 0.3) is 0 Å². The molecular weight excluding hydrogens is 317 g/mol. The highest BCUT2D eigenvalue weighted by molar-refractivity contribution is 6.31. The van der Waals surface area contributed by atoms with E-state index in [4.69, 9.17) is 16.3 Å². The van der Waals surface area contributed by atoms with Crippen LogP contribution in [0.2, 0.25) is 5.02 Å². The summed E-state index contributed by atoms with van der Waals surface area (Å²) in [4.78, 5) is 0. The van der Waals surface area contributed by atoms with Crippen LogP contribution in [0.15, 0.2) is 48.5 Å². The van der Waals surface area contributed by atoms with Crippen molar-refractivity contribution in [2.24, 2.45) is 0 Å². The molecule has 1 fully saturated rings. The number of halogens is 2. The van der Waals surface area contributed by atoms with Gasteiger partial charge in [0.25, 0.3) is 0 Å². The third-order valence-electron chi connectivity index (χ3n) is 4.19. The van der Waals surface area contributed by atoms with Gasteiger partial charge in [0, 0.05) is 30.1 Å². The van der Waals surface area contributed by atoms with Crippen molar-refractivity contribution in [3.8, 4) is 0 Å². The number of morpholine rings is 1. The van der Waals surface area contributed by atoms with Crippen molar-refractivity contribution in [1.82, 2.24) is 5.32 Å². The van der Waals surface area contributed by atoms with Crippen LogP contribution >= 0.6 is 11.6 Å². The van der Waals surface area contributed by atoms with Gasteiger partial charge < -0.3 is 15.2 Å². The average Bonchev–Trinajstić information content (AvgIpc) is 2.56. The molecule has 2 aromatic carbocycles. The predicted octanol–water partition coefficient (Wildman–Crippen LogP) is 3.42. The van der Waals surface area contributed by atoms with E-state index in [2.05, 4.69) is 5.32 Å². The second-order valence-corrected chi connectivity index (χ2v) is 6.15. The lowest BCUT2D eigenvalue weighted by Gasteiger charge is -2.40. The van der Waals surface area contributed by atoms with Crippen LogP contribution < -0.4 is 5.32 Å². The van der Waals surface area contributed by atoms with Crippen molar-refractivity contribution in [3.63, 3.8) is 0 Å². The van der Waals surface area contributed by atoms with E-state index < -0.39 is 17.5 Å². The Bertz CT molecular complexity index is 639. The minimum atomic E-state index is -0.990. The van der Waals surface area contributed by atoms with Crippen LogP contribution in [0.1, 0.15) is 23.7 Å². The van der Waals surface area contributed by atoms with Gasteiger partial charge in [0.15, 0.2) is 0 Å². The smallest absolute Gasteiger partial charge is 0.130 e. The number of benzene rings is 2. The summed E-state index contributed by atoms with van der Waals surface area (Å²) >= 11 is 6.25. The zero-order valence-electron chi connectivity index (χ0n) is 12.6. The van der Waals surface area contributed by atoms with Gasteiger partial charge in [-0.1, -0.05) is 48.0 Å². The molecule has 3 rings (SSSR count). The number of hydrogen-bond donors (Lipinski definition) is 2. The van der Waals surface area contributed by atoms with Crippen molar-refractivity contribution >= 4 is 11.6 Å². The van der Waals surface area contributed by atoms with Gasteiger partial charge in [-0.25, -0.2) is 4.39 Å². The molecule has 2 unspecified atom stereocenters. The molecule has 0 aromatic heterocycles. The molecule has 23 heavy (non-hydrogen) atoms. The maximum Gasteiger partial charge on any atom is 0.130 e. The molecule has 0 saturated carbocycles. The van der Waals surface area contributed by atoms with E-state index in [1.165, 1.54) is 6.07 Å². The minimum absolute atomic E-state index is 0.227. The molecule has 0 amide bonds. The standard InChI is InChI=1S/C18H19ClFNO2/c19-14-7-4-8-15(20)17(14)18(12-21-9-10-23-18)11-16(22)13-5-2-1-3-6-13/h1-8,16,21-22H,9-12H2. The van der Waals surface area contributed by atoms with Gasteiger partial charge in [-0.2, -0.15) is 0 Å². The second kappa shape index (κ2) is 6.97. The molecule has 5 heteroatoms. The van der Waals surface area contributed by atoms with Gasteiger partial charge in [-0.05, 0) is 17.7 Å².